The van der Waals surface area contributed by atoms with Crippen LogP contribution in [0.3, 0.4) is 0 Å². The lowest BCUT2D eigenvalue weighted by molar-refractivity contribution is -0.121. The number of anilines is 1. The molecule has 7 nitrogen and oxygen atoms in total. The first-order valence-electron chi connectivity index (χ1n) is 11.3. The first kappa shape index (κ1) is 20.5. The van der Waals surface area contributed by atoms with Crippen molar-refractivity contribution in [2.75, 3.05) is 24.5 Å². The van der Waals surface area contributed by atoms with Gasteiger partial charge in [0.25, 0.3) is 0 Å². The highest BCUT2D eigenvalue weighted by molar-refractivity contribution is 6.05. The van der Waals surface area contributed by atoms with Gasteiger partial charge in [0.2, 0.25) is 5.91 Å². The highest BCUT2D eigenvalue weighted by Gasteiger charge is 2.27. The molecule has 1 unspecified atom stereocenters. The first-order valence-corrected chi connectivity index (χ1v) is 11.3. The SMILES string of the molecule is Cc1cc2cc(c1C#N)Oc1ccc3cccc(c3c1)N1CCN(CC1=O)Cc1cncn1C2. The maximum Gasteiger partial charge on any atom is 0.241 e. The number of amides is 1. The quantitative estimate of drug-likeness (QED) is 0.402. The Labute approximate surface area is 197 Å². The minimum Gasteiger partial charge on any atom is -0.456 e. The van der Waals surface area contributed by atoms with Crippen molar-refractivity contribution in [1.29, 1.82) is 5.26 Å². The number of ether oxygens (including phenoxy) is 1. The Morgan fingerprint density at radius 1 is 1.06 bits per heavy atom. The second-order valence-corrected chi connectivity index (χ2v) is 8.93. The Morgan fingerprint density at radius 2 is 1.97 bits per heavy atom. The van der Waals surface area contributed by atoms with Gasteiger partial charge in [-0.05, 0) is 47.7 Å². The summed E-state index contributed by atoms with van der Waals surface area (Å²) in [6, 6.07) is 18.1. The molecule has 168 valence electrons. The van der Waals surface area contributed by atoms with Crippen molar-refractivity contribution in [3.05, 3.63) is 83.4 Å². The van der Waals surface area contributed by atoms with Crippen molar-refractivity contribution in [2.45, 2.75) is 20.0 Å². The van der Waals surface area contributed by atoms with Gasteiger partial charge in [0.1, 0.15) is 17.6 Å². The number of fused-ring (bicyclic) bond motifs is 2. The predicted molar refractivity (Wildman–Crippen MR) is 129 cm³/mol. The van der Waals surface area contributed by atoms with E-state index in [1.165, 1.54) is 0 Å². The summed E-state index contributed by atoms with van der Waals surface area (Å²) in [5.74, 6) is 1.25. The third-order valence-corrected chi connectivity index (χ3v) is 6.66. The van der Waals surface area contributed by atoms with Gasteiger partial charge in [-0.1, -0.05) is 24.3 Å². The van der Waals surface area contributed by atoms with Crippen molar-refractivity contribution >= 4 is 22.4 Å². The van der Waals surface area contributed by atoms with Crippen molar-refractivity contribution in [3.8, 4) is 17.6 Å². The third kappa shape index (κ3) is 3.49. The van der Waals surface area contributed by atoms with Crippen LogP contribution in [0.1, 0.15) is 22.4 Å². The van der Waals surface area contributed by atoms with Crippen molar-refractivity contribution < 1.29 is 9.53 Å². The molecule has 4 aromatic rings. The number of hydrogen-bond acceptors (Lipinski definition) is 5. The lowest BCUT2D eigenvalue weighted by atomic mass is 10.0. The van der Waals surface area contributed by atoms with E-state index in [2.05, 4.69) is 20.5 Å². The standard InChI is InChI=1S/C27H23N5O2/c1-18-9-19-10-26(24(18)12-28)34-22-6-5-20-3-2-4-25(23(20)11-22)32-8-7-30(16-27(32)33)15-21-13-29-17-31(21)14-19/h2-6,9-11,13,17H,7-8,14-16H2,1H3. The number of benzene rings is 3. The molecule has 1 saturated heterocycles. The van der Waals surface area contributed by atoms with Crippen LogP contribution in [-0.2, 0) is 17.9 Å². The first-order chi connectivity index (χ1) is 16.6. The van der Waals surface area contributed by atoms with E-state index in [0.29, 0.717) is 43.2 Å². The second kappa shape index (κ2) is 8.01. The fourth-order valence-corrected chi connectivity index (χ4v) is 4.96. The molecule has 7 heteroatoms. The maximum atomic E-state index is 13.2. The van der Waals surface area contributed by atoms with Gasteiger partial charge in [0.05, 0.1) is 29.8 Å². The summed E-state index contributed by atoms with van der Waals surface area (Å²) in [6.07, 6.45) is 3.67. The molecule has 6 bridgehead atoms. The van der Waals surface area contributed by atoms with Gasteiger partial charge in [0.15, 0.2) is 0 Å². The van der Waals surface area contributed by atoms with E-state index in [1.54, 1.807) is 0 Å². The highest BCUT2D eigenvalue weighted by Crippen LogP contribution is 2.35. The van der Waals surface area contributed by atoms with Gasteiger partial charge in [-0.15, -0.1) is 0 Å². The minimum absolute atomic E-state index is 0.0795. The number of piperazine rings is 1. The number of nitrogens with zero attached hydrogens (tertiary/aromatic N) is 5. The fourth-order valence-electron chi connectivity index (χ4n) is 4.96. The van der Waals surface area contributed by atoms with Crippen LogP contribution in [0.2, 0.25) is 0 Å². The Bertz CT molecular complexity index is 1480. The summed E-state index contributed by atoms with van der Waals surface area (Å²) >= 11 is 0. The number of carbonyl (C=O) groups is 1. The number of rotatable bonds is 0. The Kier molecular flexibility index (Phi) is 4.82. The van der Waals surface area contributed by atoms with Crippen LogP contribution < -0.4 is 9.64 Å². The molecule has 1 atom stereocenters. The Hall–Kier alpha value is -4.15. The lowest BCUT2D eigenvalue weighted by Crippen LogP contribution is -2.50. The molecule has 0 N–H and O–H groups in total. The van der Waals surface area contributed by atoms with Gasteiger partial charge >= 0.3 is 0 Å². The summed E-state index contributed by atoms with van der Waals surface area (Å²) < 4.78 is 8.39. The van der Waals surface area contributed by atoms with Crippen LogP contribution in [0.5, 0.6) is 11.5 Å². The number of aromatic nitrogens is 2. The van der Waals surface area contributed by atoms with Crippen LogP contribution in [0, 0.1) is 18.3 Å². The zero-order valence-electron chi connectivity index (χ0n) is 18.9. The molecule has 7 rings (SSSR count). The van der Waals surface area contributed by atoms with Crippen molar-refractivity contribution in [3.63, 3.8) is 0 Å². The Balaban J connectivity index is 1.54. The molecule has 3 aliphatic heterocycles. The maximum absolute atomic E-state index is 13.2. The molecule has 3 aliphatic rings. The summed E-state index contributed by atoms with van der Waals surface area (Å²) in [7, 11) is 0. The van der Waals surface area contributed by atoms with Crippen LogP contribution in [0.25, 0.3) is 10.8 Å². The molecule has 1 aromatic heterocycles. The van der Waals surface area contributed by atoms with E-state index in [-0.39, 0.29) is 5.91 Å². The minimum atomic E-state index is 0.0795. The van der Waals surface area contributed by atoms with Gasteiger partial charge in [-0.3, -0.25) is 9.69 Å². The topological polar surface area (TPSA) is 74.4 Å². The van der Waals surface area contributed by atoms with E-state index in [0.717, 1.165) is 39.8 Å². The monoisotopic (exact) mass is 449 g/mol. The normalized spacial score (nSPS) is 17.5. The molecule has 1 amide bonds. The molecular weight excluding hydrogens is 426 g/mol. The predicted octanol–water partition coefficient (Wildman–Crippen LogP) is 4.22. The number of nitriles is 1. The summed E-state index contributed by atoms with van der Waals surface area (Å²) in [5.41, 5.74) is 4.35. The third-order valence-electron chi connectivity index (χ3n) is 6.66. The van der Waals surface area contributed by atoms with E-state index >= 15 is 0 Å². The van der Waals surface area contributed by atoms with Gasteiger partial charge in [0, 0.05) is 37.8 Å². The molecule has 0 saturated carbocycles. The van der Waals surface area contributed by atoms with Crippen molar-refractivity contribution in [2.24, 2.45) is 0 Å². The van der Waals surface area contributed by atoms with E-state index in [9.17, 15) is 10.1 Å². The Morgan fingerprint density at radius 3 is 2.82 bits per heavy atom. The average Bonchev–Trinajstić information content (AvgIpc) is 3.24. The largest absolute Gasteiger partial charge is 0.456 e. The smallest absolute Gasteiger partial charge is 0.241 e. The summed E-state index contributed by atoms with van der Waals surface area (Å²) in [5, 5.41) is 11.8. The van der Waals surface area contributed by atoms with Crippen molar-refractivity contribution in [1.82, 2.24) is 14.5 Å². The van der Waals surface area contributed by atoms with E-state index < -0.39 is 0 Å². The van der Waals surface area contributed by atoms with Gasteiger partial charge < -0.3 is 14.2 Å². The van der Waals surface area contributed by atoms with Crippen LogP contribution >= 0.6 is 0 Å². The zero-order valence-corrected chi connectivity index (χ0v) is 18.9. The lowest BCUT2D eigenvalue weighted by Gasteiger charge is -2.35. The number of carbonyl (C=O) groups excluding carboxylic acids is 1. The van der Waals surface area contributed by atoms with E-state index in [4.69, 9.17) is 4.74 Å². The van der Waals surface area contributed by atoms with Crippen LogP contribution in [0.15, 0.2) is 61.1 Å². The molecule has 0 spiro atoms. The molecule has 34 heavy (non-hydrogen) atoms. The molecule has 0 aliphatic carbocycles. The van der Waals surface area contributed by atoms with Gasteiger partial charge in [-0.25, -0.2) is 4.98 Å². The molecule has 4 heterocycles. The molecular formula is C27H23N5O2. The average molecular weight is 450 g/mol. The van der Waals surface area contributed by atoms with Crippen LogP contribution in [0.4, 0.5) is 5.69 Å². The summed E-state index contributed by atoms with van der Waals surface area (Å²) in [4.78, 5) is 21.6. The number of imidazole rings is 1. The molecule has 3 aromatic carbocycles. The highest BCUT2D eigenvalue weighted by atomic mass is 16.5. The second-order valence-electron chi connectivity index (χ2n) is 8.93. The van der Waals surface area contributed by atoms with Gasteiger partial charge in [-0.2, -0.15) is 5.26 Å². The van der Waals surface area contributed by atoms with Crippen LogP contribution in [-0.4, -0.2) is 40.0 Å². The fraction of sp³-hybridized carbons (Fsp3) is 0.222. The summed E-state index contributed by atoms with van der Waals surface area (Å²) in [6.45, 7) is 4.95. The molecule has 1 fully saturated rings. The number of aryl methyl sites for hydroxylation is 1. The number of hydrogen-bond donors (Lipinski definition) is 0. The van der Waals surface area contributed by atoms with E-state index in [1.807, 2.05) is 72.9 Å². The molecule has 0 radical (unpaired) electrons. The zero-order chi connectivity index (χ0) is 23.2.